The molecule has 0 aliphatic rings. The van der Waals surface area contributed by atoms with Gasteiger partial charge in [-0.3, -0.25) is 10.1 Å². The predicted octanol–water partition coefficient (Wildman–Crippen LogP) is 2.00. The summed E-state index contributed by atoms with van der Waals surface area (Å²) in [6.45, 7) is 3.84. The molecule has 1 heterocycles. The van der Waals surface area contributed by atoms with Gasteiger partial charge in [-0.25, -0.2) is 9.67 Å². The molecular formula is C11H13N5O2. The van der Waals surface area contributed by atoms with Crippen LogP contribution in [0.1, 0.15) is 13.8 Å². The summed E-state index contributed by atoms with van der Waals surface area (Å²) >= 11 is 0. The van der Waals surface area contributed by atoms with Crippen LogP contribution in [0.3, 0.4) is 0 Å². The fraction of sp³-hybridized carbons (Fsp3) is 0.273. The molecule has 0 atom stereocenters. The highest BCUT2D eigenvalue weighted by Gasteiger charge is 2.15. The molecular weight excluding hydrogens is 234 g/mol. The van der Waals surface area contributed by atoms with E-state index in [4.69, 9.17) is 0 Å². The van der Waals surface area contributed by atoms with Crippen LogP contribution in [-0.2, 0) is 0 Å². The summed E-state index contributed by atoms with van der Waals surface area (Å²) in [6.07, 6.45) is 2.96. The number of anilines is 1. The molecule has 0 bridgehead atoms. The molecule has 0 spiro atoms. The van der Waals surface area contributed by atoms with E-state index in [0.29, 0.717) is 5.69 Å². The molecule has 2 rings (SSSR count). The number of nitrogens with one attached hydrogen (secondary N) is 1. The van der Waals surface area contributed by atoms with Crippen molar-refractivity contribution in [1.82, 2.24) is 14.8 Å². The third-order valence-corrected chi connectivity index (χ3v) is 2.30. The lowest BCUT2D eigenvalue weighted by Gasteiger charge is -2.11. The summed E-state index contributed by atoms with van der Waals surface area (Å²) in [5.74, 6) is 0. The van der Waals surface area contributed by atoms with Crippen LogP contribution in [0.5, 0.6) is 0 Å². The molecule has 0 saturated heterocycles. The standard InChI is InChI=1S/C11H13N5O2/c1-8(2)14-10-5-9(15-7-12-6-13-15)3-4-11(10)16(17)18/h3-8,14H,1-2H3. The highest BCUT2D eigenvalue weighted by molar-refractivity contribution is 5.65. The van der Waals surface area contributed by atoms with Crippen LogP contribution in [0.25, 0.3) is 5.69 Å². The second-order valence-electron chi connectivity index (χ2n) is 4.10. The maximum Gasteiger partial charge on any atom is 0.292 e. The quantitative estimate of drug-likeness (QED) is 0.659. The first-order chi connectivity index (χ1) is 8.58. The van der Waals surface area contributed by atoms with Crippen molar-refractivity contribution in [2.75, 3.05) is 5.32 Å². The lowest BCUT2D eigenvalue weighted by Crippen LogP contribution is -2.11. The average molecular weight is 247 g/mol. The Balaban J connectivity index is 2.45. The molecule has 1 aromatic heterocycles. The van der Waals surface area contributed by atoms with Gasteiger partial charge < -0.3 is 5.32 Å². The Morgan fingerprint density at radius 1 is 1.44 bits per heavy atom. The number of nitro groups is 1. The van der Waals surface area contributed by atoms with Crippen LogP contribution in [0.4, 0.5) is 11.4 Å². The molecule has 7 nitrogen and oxygen atoms in total. The van der Waals surface area contributed by atoms with Crippen LogP contribution < -0.4 is 5.32 Å². The van der Waals surface area contributed by atoms with Gasteiger partial charge in [0.2, 0.25) is 0 Å². The zero-order valence-electron chi connectivity index (χ0n) is 10.1. The Labute approximate surface area is 104 Å². The van der Waals surface area contributed by atoms with E-state index in [0.717, 1.165) is 5.69 Å². The molecule has 0 amide bonds. The summed E-state index contributed by atoms with van der Waals surface area (Å²) < 4.78 is 1.55. The Morgan fingerprint density at radius 3 is 2.78 bits per heavy atom. The number of hydrogen-bond acceptors (Lipinski definition) is 5. The summed E-state index contributed by atoms with van der Waals surface area (Å²) in [7, 11) is 0. The van der Waals surface area contributed by atoms with Gasteiger partial charge in [0.25, 0.3) is 5.69 Å². The Hall–Kier alpha value is -2.44. The van der Waals surface area contributed by atoms with Crippen molar-refractivity contribution in [2.45, 2.75) is 19.9 Å². The van der Waals surface area contributed by atoms with E-state index in [2.05, 4.69) is 15.4 Å². The van der Waals surface area contributed by atoms with E-state index in [9.17, 15) is 10.1 Å². The monoisotopic (exact) mass is 247 g/mol. The molecule has 1 N–H and O–H groups in total. The average Bonchev–Trinajstić information content (AvgIpc) is 2.81. The Kier molecular flexibility index (Phi) is 3.22. The molecule has 0 fully saturated rings. The van der Waals surface area contributed by atoms with Crippen LogP contribution in [0.15, 0.2) is 30.9 Å². The summed E-state index contributed by atoms with van der Waals surface area (Å²) in [4.78, 5) is 14.4. The van der Waals surface area contributed by atoms with Gasteiger partial charge in [-0.2, -0.15) is 5.10 Å². The number of nitrogens with zero attached hydrogens (tertiary/aromatic N) is 4. The van der Waals surface area contributed by atoms with Crippen molar-refractivity contribution in [2.24, 2.45) is 0 Å². The van der Waals surface area contributed by atoms with Crippen LogP contribution in [0, 0.1) is 10.1 Å². The van der Waals surface area contributed by atoms with E-state index in [-0.39, 0.29) is 11.7 Å². The normalized spacial score (nSPS) is 10.6. The number of rotatable bonds is 4. The fourth-order valence-electron chi connectivity index (χ4n) is 1.59. The van der Waals surface area contributed by atoms with Crippen molar-refractivity contribution < 1.29 is 4.92 Å². The van der Waals surface area contributed by atoms with E-state index in [1.165, 1.54) is 12.4 Å². The molecule has 0 unspecified atom stereocenters. The molecule has 0 saturated carbocycles. The minimum atomic E-state index is -0.407. The summed E-state index contributed by atoms with van der Waals surface area (Å²) in [5.41, 5.74) is 1.25. The third-order valence-electron chi connectivity index (χ3n) is 2.30. The van der Waals surface area contributed by atoms with Gasteiger partial charge in [0, 0.05) is 12.1 Å². The smallest absolute Gasteiger partial charge is 0.292 e. The van der Waals surface area contributed by atoms with Gasteiger partial charge in [-0.15, -0.1) is 0 Å². The van der Waals surface area contributed by atoms with E-state index < -0.39 is 4.92 Å². The molecule has 18 heavy (non-hydrogen) atoms. The largest absolute Gasteiger partial charge is 0.377 e. The van der Waals surface area contributed by atoms with E-state index in [1.807, 2.05) is 13.8 Å². The molecule has 7 heteroatoms. The van der Waals surface area contributed by atoms with Crippen LogP contribution in [0.2, 0.25) is 0 Å². The molecule has 0 radical (unpaired) electrons. The van der Waals surface area contributed by atoms with Crippen molar-refractivity contribution in [1.29, 1.82) is 0 Å². The van der Waals surface area contributed by atoms with E-state index in [1.54, 1.807) is 23.1 Å². The molecule has 1 aromatic carbocycles. The van der Waals surface area contributed by atoms with Crippen molar-refractivity contribution in [3.05, 3.63) is 41.0 Å². The van der Waals surface area contributed by atoms with Gasteiger partial charge in [0.05, 0.1) is 10.6 Å². The van der Waals surface area contributed by atoms with Gasteiger partial charge >= 0.3 is 0 Å². The first-order valence-corrected chi connectivity index (χ1v) is 5.48. The molecule has 0 aliphatic carbocycles. The number of benzene rings is 1. The maximum atomic E-state index is 10.9. The van der Waals surface area contributed by atoms with Gasteiger partial charge in [-0.05, 0) is 26.0 Å². The SMILES string of the molecule is CC(C)Nc1cc(-n2cncn2)ccc1[N+](=O)[O-]. The maximum absolute atomic E-state index is 10.9. The van der Waals surface area contributed by atoms with Gasteiger partial charge in [0.15, 0.2) is 0 Å². The Bertz CT molecular complexity index is 551. The van der Waals surface area contributed by atoms with Crippen LogP contribution >= 0.6 is 0 Å². The summed E-state index contributed by atoms with van der Waals surface area (Å²) in [5, 5.41) is 18.0. The first-order valence-electron chi connectivity index (χ1n) is 5.48. The van der Waals surface area contributed by atoms with Crippen molar-refractivity contribution >= 4 is 11.4 Å². The van der Waals surface area contributed by atoms with Crippen molar-refractivity contribution in [3.8, 4) is 5.69 Å². The lowest BCUT2D eigenvalue weighted by atomic mass is 10.2. The van der Waals surface area contributed by atoms with Gasteiger partial charge in [0.1, 0.15) is 18.3 Å². The molecule has 94 valence electrons. The zero-order chi connectivity index (χ0) is 13.1. The fourth-order valence-corrected chi connectivity index (χ4v) is 1.59. The topological polar surface area (TPSA) is 85.9 Å². The minimum Gasteiger partial charge on any atom is -0.377 e. The lowest BCUT2D eigenvalue weighted by molar-refractivity contribution is -0.384. The second-order valence-corrected chi connectivity index (χ2v) is 4.10. The number of hydrogen-bond donors (Lipinski definition) is 1. The first kappa shape index (κ1) is 12.0. The highest BCUT2D eigenvalue weighted by Crippen LogP contribution is 2.27. The minimum absolute atomic E-state index is 0.0487. The zero-order valence-corrected chi connectivity index (χ0v) is 10.1. The number of nitro benzene ring substituents is 1. The Morgan fingerprint density at radius 2 is 2.22 bits per heavy atom. The third kappa shape index (κ3) is 2.45. The summed E-state index contributed by atoms with van der Waals surface area (Å²) in [6, 6.07) is 4.89. The van der Waals surface area contributed by atoms with Crippen molar-refractivity contribution in [3.63, 3.8) is 0 Å². The predicted molar refractivity (Wildman–Crippen MR) is 66.8 cm³/mol. The highest BCUT2D eigenvalue weighted by atomic mass is 16.6. The molecule has 0 aliphatic heterocycles. The second kappa shape index (κ2) is 4.82. The van der Waals surface area contributed by atoms with Crippen LogP contribution in [-0.4, -0.2) is 25.7 Å². The van der Waals surface area contributed by atoms with E-state index >= 15 is 0 Å². The van der Waals surface area contributed by atoms with Gasteiger partial charge in [-0.1, -0.05) is 0 Å². The molecule has 2 aromatic rings. The number of aromatic nitrogens is 3.